The molecule has 8 nitrogen and oxygen atoms in total. The Kier molecular flexibility index (Phi) is 5.51. The van der Waals surface area contributed by atoms with Crippen LogP contribution in [-0.2, 0) is 10.0 Å². The van der Waals surface area contributed by atoms with E-state index in [4.69, 9.17) is 9.15 Å². The number of nitrogens with zero attached hydrogens (tertiary/aromatic N) is 2. The normalized spacial score (nSPS) is 16.1. The predicted molar refractivity (Wildman–Crippen MR) is 117 cm³/mol. The third-order valence-corrected chi connectivity index (χ3v) is 5.47. The van der Waals surface area contributed by atoms with Crippen LogP contribution in [0.2, 0.25) is 0 Å². The Morgan fingerprint density at radius 3 is 2.58 bits per heavy atom. The van der Waals surface area contributed by atoms with Gasteiger partial charge in [-0.05, 0) is 24.3 Å². The van der Waals surface area contributed by atoms with Gasteiger partial charge in [0.25, 0.3) is 0 Å². The molecule has 0 aliphatic carbocycles. The molecule has 9 heteroatoms. The van der Waals surface area contributed by atoms with E-state index in [1.54, 1.807) is 43.5 Å². The van der Waals surface area contributed by atoms with Crippen molar-refractivity contribution < 1.29 is 22.4 Å². The minimum absolute atomic E-state index is 0.160. The molecule has 0 saturated carbocycles. The molecule has 0 saturated heterocycles. The molecular weight excluding hydrogens is 418 g/mol. The van der Waals surface area contributed by atoms with Gasteiger partial charge in [0.1, 0.15) is 5.75 Å². The number of para-hydroxylation sites is 2. The molecule has 1 aliphatic rings. The van der Waals surface area contributed by atoms with Gasteiger partial charge >= 0.3 is 5.91 Å². The molecule has 4 rings (SSSR count). The summed E-state index contributed by atoms with van der Waals surface area (Å²) in [5.41, 5.74) is 2.36. The molecule has 3 aromatic rings. The van der Waals surface area contributed by atoms with E-state index in [9.17, 15) is 13.2 Å². The number of methoxy groups -OCH3 is 1. The maximum absolute atomic E-state index is 13.2. The van der Waals surface area contributed by atoms with Crippen molar-refractivity contribution in [3.63, 3.8) is 0 Å². The number of ether oxygens (including phenoxy) is 1. The summed E-state index contributed by atoms with van der Waals surface area (Å²) in [6, 6.07) is 17.1. The highest BCUT2D eigenvalue weighted by molar-refractivity contribution is 7.92. The minimum atomic E-state index is -3.49. The number of nitrogens with one attached hydrogen (secondary N) is 1. The van der Waals surface area contributed by atoms with Crippen molar-refractivity contribution in [2.24, 2.45) is 5.10 Å². The van der Waals surface area contributed by atoms with Gasteiger partial charge in [-0.2, -0.15) is 5.10 Å². The van der Waals surface area contributed by atoms with Crippen LogP contribution in [0, 0.1) is 0 Å². The molecule has 1 aromatic heterocycles. The highest BCUT2D eigenvalue weighted by atomic mass is 32.2. The molecule has 160 valence electrons. The fourth-order valence-corrected chi connectivity index (χ4v) is 4.16. The van der Waals surface area contributed by atoms with E-state index in [0.29, 0.717) is 29.1 Å². The van der Waals surface area contributed by atoms with Crippen molar-refractivity contribution in [3.8, 4) is 5.75 Å². The van der Waals surface area contributed by atoms with Crippen LogP contribution in [0.25, 0.3) is 0 Å². The topological polar surface area (TPSA) is 101 Å². The van der Waals surface area contributed by atoms with Gasteiger partial charge < -0.3 is 9.15 Å². The number of hydrazone groups is 1. The summed E-state index contributed by atoms with van der Waals surface area (Å²) >= 11 is 0. The Balaban J connectivity index is 1.79. The zero-order valence-electron chi connectivity index (χ0n) is 17.0. The third kappa shape index (κ3) is 4.31. The van der Waals surface area contributed by atoms with Gasteiger partial charge in [-0.1, -0.05) is 36.4 Å². The van der Waals surface area contributed by atoms with Gasteiger partial charge in [-0.3, -0.25) is 9.52 Å². The zero-order valence-corrected chi connectivity index (χ0v) is 17.8. The predicted octanol–water partition coefficient (Wildman–Crippen LogP) is 3.65. The Labute approximate surface area is 180 Å². The number of sulfonamides is 1. The molecule has 0 fully saturated rings. The lowest BCUT2D eigenvalue weighted by Crippen LogP contribution is -2.27. The molecule has 0 bridgehead atoms. The zero-order chi connectivity index (χ0) is 22.0. The van der Waals surface area contributed by atoms with E-state index in [0.717, 1.165) is 11.8 Å². The molecule has 2 aromatic carbocycles. The molecular formula is C22H21N3O5S. The van der Waals surface area contributed by atoms with Gasteiger partial charge in [0.05, 0.1) is 37.1 Å². The van der Waals surface area contributed by atoms with E-state index < -0.39 is 22.0 Å². The Morgan fingerprint density at radius 1 is 1.13 bits per heavy atom. The van der Waals surface area contributed by atoms with Crippen molar-refractivity contribution in [1.29, 1.82) is 0 Å². The van der Waals surface area contributed by atoms with Gasteiger partial charge in [-0.25, -0.2) is 13.4 Å². The highest BCUT2D eigenvalue weighted by Gasteiger charge is 2.36. The van der Waals surface area contributed by atoms with Gasteiger partial charge in [0.2, 0.25) is 10.0 Å². The van der Waals surface area contributed by atoms with Crippen molar-refractivity contribution in [3.05, 3.63) is 83.8 Å². The molecule has 1 atom stereocenters. The van der Waals surface area contributed by atoms with Crippen LogP contribution in [0.4, 0.5) is 5.69 Å². The van der Waals surface area contributed by atoms with Crippen LogP contribution in [0.1, 0.15) is 34.1 Å². The van der Waals surface area contributed by atoms with Crippen LogP contribution >= 0.6 is 0 Å². The van der Waals surface area contributed by atoms with Gasteiger partial charge in [0, 0.05) is 17.5 Å². The maximum Gasteiger partial charge on any atom is 0.310 e. The van der Waals surface area contributed by atoms with E-state index in [2.05, 4.69) is 9.82 Å². The number of benzene rings is 2. The summed E-state index contributed by atoms with van der Waals surface area (Å²) < 4.78 is 37.0. The van der Waals surface area contributed by atoms with E-state index in [1.165, 1.54) is 11.3 Å². The number of anilines is 1. The number of hydrogen-bond donors (Lipinski definition) is 1. The molecule has 0 radical (unpaired) electrons. The second kappa shape index (κ2) is 8.27. The highest BCUT2D eigenvalue weighted by Crippen LogP contribution is 2.39. The summed E-state index contributed by atoms with van der Waals surface area (Å²) in [6.45, 7) is 0. The first kappa shape index (κ1) is 20.7. The van der Waals surface area contributed by atoms with Gasteiger partial charge in [-0.15, -0.1) is 0 Å². The number of hydrogen-bond acceptors (Lipinski definition) is 6. The number of furan rings is 1. The summed E-state index contributed by atoms with van der Waals surface area (Å²) in [4.78, 5) is 13.2. The molecule has 1 N–H and O–H groups in total. The third-order valence-electron chi connectivity index (χ3n) is 4.88. The lowest BCUT2D eigenvalue weighted by Gasteiger charge is -2.22. The van der Waals surface area contributed by atoms with Crippen molar-refractivity contribution >= 4 is 27.3 Å². The van der Waals surface area contributed by atoms with Crippen LogP contribution in [-0.4, -0.2) is 38.4 Å². The lowest BCUT2D eigenvalue weighted by atomic mass is 9.97. The number of rotatable bonds is 6. The Hall–Kier alpha value is -3.59. The molecule has 0 unspecified atom stereocenters. The first-order valence-corrected chi connectivity index (χ1v) is 11.4. The number of carbonyl (C=O) groups excluding carboxylic acids is 1. The molecule has 1 amide bonds. The average molecular weight is 439 g/mol. The summed E-state index contributed by atoms with van der Waals surface area (Å²) in [5.74, 6) is 0.389. The van der Waals surface area contributed by atoms with Crippen LogP contribution in [0.15, 0.2) is 76.4 Å². The monoisotopic (exact) mass is 439 g/mol. The van der Waals surface area contributed by atoms with E-state index in [-0.39, 0.29) is 5.76 Å². The molecule has 2 heterocycles. The van der Waals surface area contributed by atoms with Crippen molar-refractivity contribution in [2.45, 2.75) is 12.5 Å². The summed E-state index contributed by atoms with van der Waals surface area (Å²) in [7, 11) is -1.92. The largest absolute Gasteiger partial charge is 0.496 e. The van der Waals surface area contributed by atoms with E-state index >= 15 is 0 Å². The minimum Gasteiger partial charge on any atom is -0.496 e. The Morgan fingerprint density at radius 2 is 1.87 bits per heavy atom. The molecule has 0 spiro atoms. The lowest BCUT2D eigenvalue weighted by molar-refractivity contribution is 0.0677. The SMILES string of the molecule is COc1ccccc1[C@@H]1CC(c2ccccc2NS(C)(=O)=O)=NN1C(=O)c1ccco1. The van der Waals surface area contributed by atoms with Crippen LogP contribution in [0.5, 0.6) is 5.75 Å². The quantitative estimate of drug-likeness (QED) is 0.632. The van der Waals surface area contributed by atoms with Crippen molar-refractivity contribution in [2.75, 3.05) is 18.1 Å². The van der Waals surface area contributed by atoms with Crippen LogP contribution < -0.4 is 9.46 Å². The first-order chi connectivity index (χ1) is 14.9. The molecule has 31 heavy (non-hydrogen) atoms. The smallest absolute Gasteiger partial charge is 0.310 e. The van der Waals surface area contributed by atoms with Gasteiger partial charge in [0.15, 0.2) is 5.76 Å². The molecule has 1 aliphatic heterocycles. The maximum atomic E-state index is 13.2. The fourth-order valence-electron chi connectivity index (χ4n) is 3.58. The second-order valence-corrected chi connectivity index (χ2v) is 8.80. The Bertz CT molecular complexity index is 1240. The van der Waals surface area contributed by atoms with Crippen LogP contribution in [0.3, 0.4) is 0 Å². The van der Waals surface area contributed by atoms with E-state index in [1.807, 2.05) is 24.3 Å². The first-order valence-electron chi connectivity index (χ1n) is 9.52. The number of amides is 1. The average Bonchev–Trinajstić information content (AvgIpc) is 3.43. The van der Waals surface area contributed by atoms with Crippen molar-refractivity contribution in [1.82, 2.24) is 5.01 Å². The fraction of sp³-hybridized carbons (Fsp3) is 0.182. The second-order valence-electron chi connectivity index (χ2n) is 7.06. The summed E-state index contributed by atoms with van der Waals surface area (Å²) in [6.07, 6.45) is 2.89. The standard InChI is InChI=1S/C22H21N3O5S/c1-29-20-11-6-4-9-16(20)19-14-18(23-25(19)22(26)21-12-7-13-30-21)15-8-3-5-10-17(15)24-31(2,27)28/h3-13,19,24H,14H2,1-2H3/t19-/m0/s1. The number of carbonyl (C=O) groups is 1. The summed E-state index contributed by atoms with van der Waals surface area (Å²) in [5, 5.41) is 5.95.